The molecule has 0 saturated carbocycles. The lowest BCUT2D eigenvalue weighted by Crippen LogP contribution is -2.16. The number of carbonyl (C=O) groups is 2. The molecular formula is C20H19BrN2O5S. The number of halogens is 1. The molecule has 1 amide bonds. The third kappa shape index (κ3) is 4.96. The molecule has 7 nitrogen and oxygen atoms in total. The number of methoxy groups -OCH3 is 1. The number of hydrogen-bond acceptors (Lipinski definition) is 7. The van der Waals surface area contributed by atoms with Gasteiger partial charge in [-0.25, -0.2) is 4.79 Å². The van der Waals surface area contributed by atoms with Crippen molar-refractivity contribution in [2.24, 2.45) is 0 Å². The maximum absolute atomic E-state index is 12.7. The van der Waals surface area contributed by atoms with E-state index >= 15 is 0 Å². The number of rotatable bonds is 6. The minimum absolute atomic E-state index is 0.192. The van der Waals surface area contributed by atoms with Crippen LogP contribution in [0.4, 0.5) is 5.00 Å². The minimum Gasteiger partial charge on any atom is -0.504 e. The van der Waals surface area contributed by atoms with E-state index in [2.05, 4.69) is 21.2 Å². The zero-order valence-electron chi connectivity index (χ0n) is 16.3. The minimum atomic E-state index is -0.711. The molecule has 9 heteroatoms. The van der Waals surface area contributed by atoms with E-state index in [9.17, 15) is 20.0 Å². The van der Waals surface area contributed by atoms with Crippen molar-refractivity contribution >= 4 is 50.2 Å². The van der Waals surface area contributed by atoms with Crippen LogP contribution in [0.2, 0.25) is 0 Å². The maximum Gasteiger partial charge on any atom is 0.341 e. The van der Waals surface area contributed by atoms with Gasteiger partial charge in [0.2, 0.25) is 0 Å². The van der Waals surface area contributed by atoms with Crippen molar-refractivity contribution in [1.29, 1.82) is 5.26 Å². The number of anilines is 1. The predicted molar refractivity (Wildman–Crippen MR) is 114 cm³/mol. The number of aromatic hydroxyl groups is 1. The number of esters is 1. The summed E-state index contributed by atoms with van der Waals surface area (Å²) in [6.45, 7) is 5.49. The van der Waals surface area contributed by atoms with E-state index in [1.54, 1.807) is 26.0 Å². The van der Waals surface area contributed by atoms with Gasteiger partial charge in [0.25, 0.3) is 5.91 Å². The van der Waals surface area contributed by atoms with Crippen LogP contribution in [0.3, 0.4) is 0 Å². The molecule has 2 aromatic rings. The normalized spacial score (nSPS) is 11.0. The van der Waals surface area contributed by atoms with Crippen LogP contribution in [0.25, 0.3) is 6.08 Å². The molecule has 0 aliphatic carbocycles. The van der Waals surface area contributed by atoms with Crippen LogP contribution in [-0.2, 0) is 9.53 Å². The molecule has 0 saturated heterocycles. The second-order valence-corrected chi connectivity index (χ2v) is 8.02. The summed E-state index contributed by atoms with van der Waals surface area (Å²) in [5.41, 5.74) is 0.957. The summed E-state index contributed by atoms with van der Waals surface area (Å²) in [4.78, 5) is 25.8. The summed E-state index contributed by atoms with van der Waals surface area (Å²) in [5.74, 6) is -1.26. The Hall–Kier alpha value is -2.83. The highest BCUT2D eigenvalue weighted by atomic mass is 79.9. The molecule has 29 heavy (non-hydrogen) atoms. The van der Waals surface area contributed by atoms with Crippen LogP contribution in [-0.4, -0.2) is 30.7 Å². The van der Waals surface area contributed by atoms with E-state index in [-0.39, 0.29) is 34.8 Å². The lowest BCUT2D eigenvalue weighted by atomic mass is 10.1. The summed E-state index contributed by atoms with van der Waals surface area (Å²) < 4.78 is 10.7. The monoisotopic (exact) mass is 478 g/mol. The molecule has 0 bridgehead atoms. The van der Waals surface area contributed by atoms with E-state index in [1.807, 2.05) is 13.0 Å². The number of hydrogen-bond donors (Lipinski definition) is 2. The first-order valence-corrected chi connectivity index (χ1v) is 10.1. The van der Waals surface area contributed by atoms with Crippen LogP contribution >= 0.6 is 27.3 Å². The zero-order valence-corrected chi connectivity index (χ0v) is 18.7. The summed E-state index contributed by atoms with van der Waals surface area (Å²) in [7, 11) is 1.39. The SMILES string of the molecule is CCOC(=O)c1c(NC(=O)/C(C#N)=C/c2cc(Br)cc(OC)c2O)sc(C)c1C. The van der Waals surface area contributed by atoms with Crippen molar-refractivity contribution in [2.75, 3.05) is 19.0 Å². The topological polar surface area (TPSA) is 109 Å². The van der Waals surface area contributed by atoms with Crippen LogP contribution in [0, 0.1) is 25.2 Å². The second kappa shape index (κ2) is 9.58. The molecule has 0 aliphatic heterocycles. The molecule has 0 unspecified atom stereocenters. The molecule has 1 aromatic carbocycles. The molecule has 2 rings (SSSR count). The first-order valence-electron chi connectivity index (χ1n) is 8.50. The Morgan fingerprint density at radius 1 is 1.38 bits per heavy atom. The number of phenols is 1. The van der Waals surface area contributed by atoms with Gasteiger partial charge in [-0.05, 0) is 44.5 Å². The zero-order chi connectivity index (χ0) is 21.7. The van der Waals surface area contributed by atoms with Gasteiger partial charge in [-0.15, -0.1) is 11.3 Å². The van der Waals surface area contributed by atoms with Gasteiger partial charge < -0.3 is 19.9 Å². The lowest BCUT2D eigenvalue weighted by Gasteiger charge is -2.09. The Morgan fingerprint density at radius 2 is 2.07 bits per heavy atom. The molecule has 0 radical (unpaired) electrons. The number of thiophene rings is 1. The fourth-order valence-corrected chi connectivity index (χ4v) is 4.00. The fourth-order valence-electron chi connectivity index (χ4n) is 2.50. The average Bonchev–Trinajstić information content (AvgIpc) is 2.95. The van der Waals surface area contributed by atoms with E-state index in [1.165, 1.54) is 24.5 Å². The summed E-state index contributed by atoms with van der Waals surface area (Å²) >= 11 is 4.51. The molecule has 0 spiro atoms. The fraction of sp³-hybridized carbons (Fsp3) is 0.250. The highest BCUT2D eigenvalue weighted by molar-refractivity contribution is 9.10. The van der Waals surface area contributed by atoms with Gasteiger partial charge in [0.1, 0.15) is 16.6 Å². The van der Waals surface area contributed by atoms with Crippen molar-refractivity contribution in [3.8, 4) is 17.6 Å². The number of nitrogens with one attached hydrogen (secondary N) is 1. The summed E-state index contributed by atoms with van der Waals surface area (Å²) in [6.07, 6.45) is 1.25. The van der Waals surface area contributed by atoms with E-state index < -0.39 is 11.9 Å². The van der Waals surface area contributed by atoms with E-state index in [0.29, 0.717) is 15.0 Å². The number of amides is 1. The van der Waals surface area contributed by atoms with Crippen LogP contribution in [0.1, 0.15) is 33.3 Å². The Labute approximate surface area is 180 Å². The molecule has 0 fully saturated rings. The van der Waals surface area contributed by atoms with Crippen LogP contribution in [0.15, 0.2) is 22.2 Å². The quantitative estimate of drug-likeness (QED) is 0.357. The third-order valence-corrected chi connectivity index (χ3v) is 5.63. The Bertz CT molecular complexity index is 1040. The maximum atomic E-state index is 12.7. The Kier molecular flexibility index (Phi) is 7.42. The van der Waals surface area contributed by atoms with Crippen molar-refractivity contribution in [2.45, 2.75) is 20.8 Å². The highest BCUT2D eigenvalue weighted by Gasteiger charge is 2.23. The largest absolute Gasteiger partial charge is 0.504 e. The Morgan fingerprint density at radius 3 is 2.66 bits per heavy atom. The first-order chi connectivity index (χ1) is 13.7. The van der Waals surface area contributed by atoms with Crippen molar-refractivity contribution in [3.05, 3.63) is 43.7 Å². The average molecular weight is 479 g/mol. The molecule has 1 aromatic heterocycles. The lowest BCUT2D eigenvalue weighted by molar-refractivity contribution is -0.112. The summed E-state index contributed by atoms with van der Waals surface area (Å²) in [6, 6.07) is 4.93. The molecule has 152 valence electrons. The van der Waals surface area contributed by atoms with Gasteiger partial charge in [0, 0.05) is 14.9 Å². The molecule has 0 atom stereocenters. The smallest absolute Gasteiger partial charge is 0.341 e. The second-order valence-electron chi connectivity index (χ2n) is 5.88. The number of ether oxygens (including phenoxy) is 2. The van der Waals surface area contributed by atoms with Crippen molar-refractivity contribution in [1.82, 2.24) is 0 Å². The molecule has 1 heterocycles. The number of nitrogens with zero attached hydrogens (tertiary/aromatic N) is 1. The van der Waals surface area contributed by atoms with Gasteiger partial charge in [0.15, 0.2) is 11.5 Å². The van der Waals surface area contributed by atoms with E-state index in [0.717, 1.165) is 4.88 Å². The molecule has 2 N–H and O–H groups in total. The third-order valence-electron chi connectivity index (χ3n) is 4.05. The molecular weight excluding hydrogens is 460 g/mol. The number of carbonyl (C=O) groups excluding carboxylic acids is 2. The van der Waals surface area contributed by atoms with Crippen molar-refractivity contribution < 1.29 is 24.2 Å². The van der Waals surface area contributed by atoms with Gasteiger partial charge in [0.05, 0.1) is 19.3 Å². The molecule has 0 aliphatic rings. The first kappa shape index (κ1) is 22.5. The van der Waals surface area contributed by atoms with Gasteiger partial charge in [-0.2, -0.15) is 5.26 Å². The highest BCUT2D eigenvalue weighted by Crippen LogP contribution is 2.36. The van der Waals surface area contributed by atoms with E-state index in [4.69, 9.17) is 9.47 Å². The van der Waals surface area contributed by atoms with Gasteiger partial charge in [-0.1, -0.05) is 15.9 Å². The summed E-state index contributed by atoms with van der Waals surface area (Å²) in [5, 5.41) is 22.6. The number of aryl methyl sites for hydroxylation is 1. The standard InChI is InChI=1S/C20H19BrN2O5S/c1-5-28-20(26)16-10(2)11(3)29-19(16)23-18(25)13(9-22)6-12-7-14(21)8-15(27-4)17(12)24/h6-8,24H,5H2,1-4H3,(H,23,25)/b13-6+. The number of nitriles is 1. The van der Waals surface area contributed by atoms with Gasteiger partial charge >= 0.3 is 5.97 Å². The van der Waals surface area contributed by atoms with Gasteiger partial charge in [-0.3, -0.25) is 4.79 Å². The van der Waals surface area contributed by atoms with Crippen molar-refractivity contribution in [3.63, 3.8) is 0 Å². The van der Waals surface area contributed by atoms with Crippen LogP contribution in [0.5, 0.6) is 11.5 Å². The Balaban J connectivity index is 2.42. The number of phenolic OH excluding ortho intramolecular Hbond substituents is 1. The predicted octanol–water partition coefficient (Wildman–Crippen LogP) is 4.56. The van der Waals surface area contributed by atoms with Crippen LogP contribution < -0.4 is 10.1 Å². The number of benzene rings is 1.